The van der Waals surface area contributed by atoms with Crippen molar-refractivity contribution >= 4 is 5.91 Å². The van der Waals surface area contributed by atoms with Crippen LogP contribution in [0.5, 0.6) is 5.75 Å². The second-order valence-electron chi connectivity index (χ2n) is 5.21. The Balaban J connectivity index is 1.86. The van der Waals surface area contributed by atoms with E-state index < -0.39 is 0 Å². The lowest BCUT2D eigenvalue weighted by Gasteiger charge is -2.36. The first-order valence-electron chi connectivity index (χ1n) is 7.41. The van der Waals surface area contributed by atoms with Crippen molar-refractivity contribution < 1.29 is 14.3 Å². The van der Waals surface area contributed by atoms with E-state index in [0.717, 1.165) is 17.7 Å². The van der Waals surface area contributed by atoms with Crippen LogP contribution in [-0.4, -0.2) is 31.1 Å². The van der Waals surface area contributed by atoms with Crippen molar-refractivity contribution in [2.75, 3.05) is 20.3 Å². The molecule has 1 fully saturated rings. The van der Waals surface area contributed by atoms with Gasteiger partial charge in [-0.1, -0.05) is 30.3 Å². The molecule has 1 aliphatic heterocycles. The van der Waals surface area contributed by atoms with Crippen molar-refractivity contribution in [3.05, 3.63) is 65.7 Å². The van der Waals surface area contributed by atoms with E-state index in [1.165, 1.54) is 0 Å². The fourth-order valence-electron chi connectivity index (χ4n) is 2.64. The van der Waals surface area contributed by atoms with Crippen LogP contribution in [0.15, 0.2) is 54.6 Å². The molecular weight excluding hydrogens is 278 g/mol. The van der Waals surface area contributed by atoms with Gasteiger partial charge in [-0.05, 0) is 30.7 Å². The third kappa shape index (κ3) is 2.97. The van der Waals surface area contributed by atoms with Gasteiger partial charge in [-0.2, -0.15) is 0 Å². The van der Waals surface area contributed by atoms with E-state index in [4.69, 9.17) is 9.47 Å². The van der Waals surface area contributed by atoms with Crippen LogP contribution in [0.25, 0.3) is 0 Å². The van der Waals surface area contributed by atoms with Gasteiger partial charge in [-0.25, -0.2) is 0 Å². The SMILES string of the molecule is COc1ccc([C@H]2OCCCN2C(=O)c2ccccc2)cc1. The first-order valence-corrected chi connectivity index (χ1v) is 7.41. The third-order valence-corrected chi connectivity index (χ3v) is 3.78. The van der Waals surface area contributed by atoms with Gasteiger partial charge < -0.3 is 14.4 Å². The molecule has 1 heterocycles. The Labute approximate surface area is 130 Å². The molecule has 0 N–H and O–H groups in total. The summed E-state index contributed by atoms with van der Waals surface area (Å²) in [5.41, 5.74) is 1.65. The van der Waals surface area contributed by atoms with Crippen LogP contribution in [0.1, 0.15) is 28.6 Å². The fourth-order valence-corrected chi connectivity index (χ4v) is 2.64. The van der Waals surface area contributed by atoms with Crippen molar-refractivity contribution in [2.24, 2.45) is 0 Å². The van der Waals surface area contributed by atoms with E-state index in [-0.39, 0.29) is 12.1 Å². The Kier molecular flexibility index (Phi) is 4.39. The zero-order valence-electron chi connectivity index (χ0n) is 12.6. The largest absolute Gasteiger partial charge is 0.497 e. The average Bonchev–Trinajstić information content (AvgIpc) is 2.62. The summed E-state index contributed by atoms with van der Waals surface area (Å²) >= 11 is 0. The van der Waals surface area contributed by atoms with Crippen molar-refractivity contribution in [1.29, 1.82) is 0 Å². The summed E-state index contributed by atoms with van der Waals surface area (Å²) in [7, 11) is 1.64. The molecule has 1 aliphatic rings. The zero-order chi connectivity index (χ0) is 15.4. The van der Waals surface area contributed by atoms with E-state index >= 15 is 0 Å². The molecule has 0 radical (unpaired) electrons. The molecule has 114 valence electrons. The quantitative estimate of drug-likeness (QED) is 0.873. The van der Waals surface area contributed by atoms with Crippen LogP contribution < -0.4 is 4.74 Å². The summed E-state index contributed by atoms with van der Waals surface area (Å²) in [6.45, 7) is 1.36. The monoisotopic (exact) mass is 297 g/mol. The first kappa shape index (κ1) is 14.6. The highest BCUT2D eigenvalue weighted by atomic mass is 16.5. The van der Waals surface area contributed by atoms with Gasteiger partial charge in [0, 0.05) is 17.7 Å². The summed E-state index contributed by atoms with van der Waals surface area (Å²) in [5.74, 6) is 0.793. The van der Waals surface area contributed by atoms with Crippen LogP contribution in [0.3, 0.4) is 0 Å². The van der Waals surface area contributed by atoms with E-state index in [0.29, 0.717) is 18.7 Å². The molecule has 1 saturated heterocycles. The van der Waals surface area contributed by atoms with E-state index in [1.807, 2.05) is 54.6 Å². The molecular formula is C18H19NO3. The number of amides is 1. The number of hydrogen-bond acceptors (Lipinski definition) is 3. The molecule has 0 aromatic heterocycles. The highest BCUT2D eigenvalue weighted by Crippen LogP contribution is 2.29. The standard InChI is InChI=1S/C18H19NO3/c1-21-16-10-8-15(9-11-16)18-19(12-5-13-22-18)17(20)14-6-3-2-4-7-14/h2-4,6-11,18H,5,12-13H2,1H3/t18-/m1/s1. The van der Waals surface area contributed by atoms with Crippen molar-refractivity contribution in [2.45, 2.75) is 12.6 Å². The van der Waals surface area contributed by atoms with Gasteiger partial charge >= 0.3 is 0 Å². The van der Waals surface area contributed by atoms with Gasteiger partial charge in [0.15, 0.2) is 6.23 Å². The van der Waals surface area contributed by atoms with Gasteiger partial charge in [0.1, 0.15) is 5.75 Å². The molecule has 0 bridgehead atoms. The van der Waals surface area contributed by atoms with Crippen molar-refractivity contribution in [3.8, 4) is 5.75 Å². The predicted octanol–water partition coefficient (Wildman–Crippen LogP) is 3.26. The zero-order valence-corrected chi connectivity index (χ0v) is 12.6. The Morgan fingerprint density at radius 1 is 1.14 bits per heavy atom. The maximum absolute atomic E-state index is 12.7. The Hall–Kier alpha value is -2.33. The molecule has 0 saturated carbocycles. The van der Waals surface area contributed by atoms with Crippen LogP contribution in [-0.2, 0) is 4.74 Å². The topological polar surface area (TPSA) is 38.8 Å². The average molecular weight is 297 g/mol. The Morgan fingerprint density at radius 2 is 1.86 bits per heavy atom. The van der Waals surface area contributed by atoms with E-state index in [1.54, 1.807) is 12.0 Å². The second kappa shape index (κ2) is 6.62. The minimum absolute atomic E-state index is 0.00104. The van der Waals surface area contributed by atoms with Gasteiger partial charge in [0.05, 0.1) is 13.7 Å². The maximum Gasteiger partial charge on any atom is 0.256 e. The molecule has 0 aliphatic carbocycles. The molecule has 1 atom stereocenters. The van der Waals surface area contributed by atoms with E-state index in [9.17, 15) is 4.79 Å². The molecule has 0 spiro atoms. The number of ether oxygens (including phenoxy) is 2. The summed E-state index contributed by atoms with van der Waals surface area (Å²) in [6, 6.07) is 17.0. The minimum Gasteiger partial charge on any atom is -0.497 e. The highest BCUT2D eigenvalue weighted by molar-refractivity contribution is 5.94. The minimum atomic E-state index is -0.340. The van der Waals surface area contributed by atoms with Crippen LogP contribution >= 0.6 is 0 Å². The number of hydrogen-bond donors (Lipinski definition) is 0. The van der Waals surface area contributed by atoms with Crippen LogP contribution in [0, 0.1) is 0 Å². The maximum atomic E-state index is 12.7. The molecule has 2 aromatic rings. The lowest BCUT2D eigenvalue weighted by atomic mass is 10.1. The summed E-state index contributed by atoms with van der Waals surface area (Å²) < 4.78 is 11.0. The molecule has 22 heavy (non-hydrogen) atoms. The normalized spacial score (nSPS) is 18.0. The van der Waals surface area contributed by atoms with Gasteiger partial charge in [0.2, 0.25) is 0 Å². The molecule has 0 unspecified atom stereocenters. The molecule has 4 heteroatoms. The third-order valence-electron chi connectivity index (χ3n) is 3.78. The molecule has 2 aromatic carbocycles. The highest BCUT2D eigenvalue weighted by Gasteiger charge is 2.29. The van der Waals surface area contributed by atoms with Gasteiger partial charge in [-0.3, -0.25) is 4.79 Å². The van der Waals surface area contributed by atoms with Gasteiger partial charge in [0.25, 0.3) is 5.91 Å². The summed E-state index contributed by atoms with van der Waals surface area (Å²) in [4.78, 5) is 14.5. The predicted molar refractivity (Wildman–Crippen MR) is 83.8 cm³/mol. The number of carbonyl (C=O) groups is 1. The molecule has 1 amide bonds. The number of benzene rings is 2. The lowest BCUT2D eigenvalue weighted by molar-refractivity contribution is -0.0799. The number of nitrogens with zero attached hydrogens (tertiary/aromatic N) is 1. The Bertz CT molecular complexity index is 625. The number of rotatable bonds is 3. The smallest absolute Gasteiger partial charge is 0.256 e. The summed E-state index contributed by atoms with van der Waals surface area (Å²) in [5, 5.41) is 0. The number of methoxy groups -OCH3 is 1. The molecule has 4 nitrogen and oxygen atoms in total. The molecule has 3 rings (SSSR count). The first-order chi connectivity index (χ1) is 10.8. The lowest BCUT2D eigenvalue weighted by Crippen LogP contribution is -2.41. The number of carbonyl (C=O) groups excluding carboxylic acids is 1. The Morgan fingerprint density at radius 3 is 2.55 bits per heavy atom. The van der Waals surface area contributed by atoms with E-state index in [2.05, 4.69) is 0 Å². The van der Waals surface area contributed by atoms with Crippen molar-refractivity contribution in [3.63, 3.8) is 0 Å². The van der Waals surface area contributed by atoms with Gasteiger partial charge in [-0.15, -0.1) is 0 Å². The second-order valence-corrected chi connectivity index (χ2v) is 5.21. The summed E-state index contributed by atoms with van der Waals surface area (Å²) in [6.07, 6.45) is 0.512. The van der Waals surface area contributed by atoms with Crippen LogP contribution in [0.2, 0.25) is 0 Å². The van der Waals surface area contributed by atoms with Crippen molar-refractivity contribution in [1.82, 2.24) is 4.90 Å². The fraction of sp³-hybridized carbons (Fsp3) is 0.278. The van der Waals surface area contributed by atoms with Crippen LogP contribution in [0.4, 0.5) is 0 Å².